The highest BCUT2D eigenvalue weighted by atomic mass is 16.5. The van der Waals surface area contributed by atoms with Gasteiger partial charge in [0.1, 0.15) is 6.61 Å². The maximum absolute atomic E-state index is 13.6. The average Bonchev–Trinajstić information content (AvgIpc) is 2.68. The molecule has 3 rings (SSSR count). The molecule has 158 valence electrons. The van der Waals surface area contributed by atoms with Crippen molar-refractivity contribution in [1.82, 2.24) is 0 Å². The Morgan fingerprint density at radius 1 is 1.10 bits per heavy atom. The largest absolute Gasteiger partial charge is 0.381 e. The van der Waals surface area contributed by atoms with Gasteiger partial charge in [-0.3, -0.25) is 9.59 Å². The third-order valence-electron chi connectivity index (χ3n) is 6.48. The lowest BCUT2D eigenvalue weighted by Gasteiger charge is -2.41. The third kappa shape index (κ3) is 4.70. The summed E-state index contributed by atoms with van der Waals surface area (Å²) in [6, 6.07) is 4.39. The molecule has 1 spiro atoms. The van der Waals surface area contributed by atoms with E-state index in [1.807, 2.05) is 0 Å². The van der Waals surface area contributed by atoms with Gasteiger partial charge in [-0.2, -0.15) is 0 Å². The van der Waals surface area contributed by atoms with Crippen molar-refractivity contribution in [2.24, 2.45) is 5.41 Å². The fraction of sp³-hybridized carbons (Fsp3) is 0.600. The van der Waals surface area contributed by atoms with Crippen molar-refractivity contribution in [2.45, 2.75) is 65.7 Å². The molecule has 2 aliphatic rings. The van der Waals surface area contributed by atoms with Gasteiger partial charge in [-0.15, -0.1) is 0 Å². The quantitative estimate of drug-likeness (QED) is 0.671. The Balaban J connectivity index is 2.15. The van der Waals surface area contributed by atoms with Crippen LogP contribution in [0.2, 0.25) is 0 Å². The number of carbonyl (C=O) groups excluding carboxylic acids is 2. The molecular formula is C25H34O4. The Morgan fingerprint density at radius 3 is 2.28 bits per heavy atom. The molecule has 0 unspecified atom stereocenters. The molecule has 1 fully saturated rings. The predicted octanol–water partition coefficient (Wildman–Crippen LogP) is 4.64. The summed E-state index contributed by atoms with van der Waals surface area (Å²) in [5, 5.41) is 0. The van der Waals surface area contributed by atoms with E-state index in [0.717, 1.165) is 48.8 Å². The topological polar surface area (TPSA) is 52.6 Å². The van der Waals surface area contributed by atoms with Gasteiger partial charge in [-0.1, -0.05) is 37.1 Å². The van der Waals surface area contributed by atoms with Gasteiger partial charge in [0.2, 0.25) is 0 Å². The Kier molecular flexibility index (Phi) is 7.07. The minimum absolute atomic E-state index is 0.0418. The first-order chi connectivity index (χ1) is 13.9. The number of aryl methyl sites for hydroxylation is 3. The van der Waals surface area contributed by atoms with Crippen molar-refractivity contribution in [3.05, 3.63) is 40.0 Å². The molecule has 0 saturated carbocycles. The summed E-state index contributed by atoms with van der Waals surface area (Å²) < 4.78 is 10.6. The van der Waals surface area contributed by atoms with Crippen molar-refractivity contribution < 1.29 is 19.1 Å². The first kappa shape index (κ1) is 21.9. The number of benzene rings is 1. The Bertz CT molecular complexity index is 787. The van der Waals surface area contributed by atoms with Crippen molar-refractivity contribution >= 4 is 17.1 Å². The lowest BCUT2D eigenvalue weighted by Crippen LogP contribution is -2.36. The molecule has 0 aromatic heterocycles. The highest BCUT2D eigenvalue weighted by Crippen LogP contribution is 2.49. The summed E-state index contributed by atoms with van der Waals surface area (Å²) in [7, 11) is 1.55. The van der Waals surface area contributed by atoms with Crippen LogP contribution in [-0.2, 0) is 31.9 Å². The first-order valence-corrected chi connectivity index (χ1v) is 10.9. The zero-order valence-electron chi connectivity index (χ0n) is 18.4. The fourth-order valence-corrected chi connectivity index (χ4v) is 5.13. The van der Waals surface area contributed by atoms with Gasteiger partial charge in [0.15, 0.2) is 11.6 Å². The van der Waals surface area contributed by atoms with Gasteiger partial charge < -0.3 is 9.47 Å². The number of Topliss-reactive ketones (excluding diaryl/α,β-unsaturated/α-hetero) is 2. The molecule has 1 saturated heterocycles. The van der Waals surface area contributed by atoms with Crippen LogP contribution in [0.4, 0.5) is 0 Å². The molecule has 0 N–H and O–H groups in total. The lowest BCUT2D eigenvalue weighted by atomic mass is 9.64. The van der Waals surface area contributed by atoms with E-state index >= 15 is 0 Å². The lowest BCUT2D eigenvalue weighted by molar-refractivity contribution is -0.122. The first-order valence-electron chi connectivity index (χ1n) is 10.9. The van der Waals surface area contributed by atoms with E-state index < -0.39 is 0 Å². The number of hydrogen-bond acceptors (Lipinski definition) is 4. The third-order valence-corrected chi connectivity index (χ3v) is 6.48. The molecule has 1 aliphatic heterocycles. The molecule has 0 radical (unpaired) electrons. The summed E-state index contributed by atoms with van der Waals surface area (Å²) in [6.07, 6.45) is 5.21. The van der Waals surface area contributed by atoms with Crippen molar-refractivity contribution in [3.8, 4) is 0 Å². The van der Waals surface area contributed by atoms with Crippen molar-refractivity contribution in [1.29, 1.82) is 0 Å². The second-order valence-electron chi connectivity index (χ2n) is 8.68. The van der Waals surface area contributed by atoms with Crippen LogP contribution >= 0.6 is 0 Å². The monoisotopic (exact) mass is 398 g/mol. The molecule has 4 heteroatoms. The van der Waals surface area contributed by atoms with Crippen LogP contribution in [0.5, 0.6) is 0 Å². The number of rotatable bonds is 7. The maximum atomic E-state index is 13.6. The van der Waals surface area contributed by atoms with Crippen LogP contribution < -0.4 is 0 Å². The smallest absolute Gasteiger partial charge is 0.164 e. The number of carbonyl (C=O) groups is 2. The Labute approximate surface area is 174 Å². The molecule has 1 aromatic rings. The molecule has 4 nitrogen and oxygen atoms in total. The molecule has 0 atom stereocenters. The van der Waals surface area contributed by atoms with Gasteiger partial charge >= 0.3 is 0 Å². The van der Waals surface area contributed by atoms with Crippen LogP contribution in [0.15, 0.2) is 17.7 Å². The van der Waals surface area contributed by atoms with Crippen molar-refractivity contribution in [2.75, 3.05) is 26.9 Å². The zero-order chi connectivity index (χ0) is 21.0. The number of hydrogen-bond donors (Lipinski definition) is 0. The van der Waals surface area contributed by atoms with E-state index in [-0.39, 0.29) is 23.6 Å². The van der Waals surface area contributed by atoms with Gasteiger partial charge in [-0.05, 0) is 61.1 Å². The summed E-state index contributed by atoms with van der Waals surface area (Å²) >= 11 is 0. The zero-order valence-corrected chi connectivity index (χ0v) is 18.4. The summed E-state index contributed by atoms with van der Waals surface area (Å²) in [4.78, 5) is 26.1. The van der Waals surface area contributed by atoms with E-state index in [0.29, 0.717) is 26.1 Å². The molecule has 0 amide bonds. The second-order valence-corrected chi connectivity index (χ2v) is 8.68. The van der Waals surface area contributed by atoms with Gasteiger partial charge in [-0.25, -0.2) is 0 Å². The van der Waals surface area contributed by atoms with E-state index in [2.05, 4.69) is 32.9 Å². The van der Waals surface area contributed by atoms with Gasteiger partial charge in [0, 0.05) is 38.7 Å². The highest BCUT2D eigenvalue weighted by Gasteiger charge is 2.42. The van der Waals surface area contributed by atoms with Crippen LogP contribution in [0.25, 0.3) is 5.57 Å². The van der Waals surface area contributed by atoms with E-state index in [4.69, 9.17) is 9.47 Å². The van der Waals surface area contributed by atoms with Crippen molar-refractivity contribution in [3.63, 3.8) is 0 Å². The SMILES string of the molecule is CCc1cc(C)cc(CC)c1C1=C(CC(=O)COC)CC2(CCOCC2)CC1=O. The average molecular weight is 399 g/mol. The number of ether oxygens (including phenoxy) is 2. The molecule has 1 aromatic carbocycles. The standard InChI is InChI=1S/C25H34O4/c1-5-18-11-17(3)12-19(6-2)23(18)24-20(13-21(26)16-28-4)14-25(15-22(24)27)7-9-29-10-8-25/h11-12H,5-10,13-16H2,1-4H3. The molecule has 29 heavy (non-hydrogen) atoms. The fourth-order valence-electron chi connectivity index (χ4n) is 5.13. The number of methoxy groups -OCH3 is 1. The highest BCUT2D eigenvalue weighted by molar-refractivity contribution is 6.24. The predicted molar refractivity (Wildman–Crippen MR) is 115 cm³/mol. The van der Waals surface area contributed by atoms with Crippen LogP contribution in [0, 0.1) is 12.3 Å². The Morgan fingerprint density at radius 2 is 1.72 bits per heavy atom. The molecule has 1 heterocycles. The van der Waals surface area contributed by atoms with E-state index in [1.165, 1.54) is 16.7 Å². The minimum atomic E-state index is -0.0506. The number of ketones is 2. The second kappa shape index (κ2) is 9.36. The van der Waals surface area contributed by atoms with Crippen LogP contribution in [-0.4, -0.2) is 38.5 Å². The molecular weight excluding hydrogens is 364 g/mol. The maximum Gasteiger partial charge on any atom is 0.164 e. The van der Waals surface area contributed by atoms with Crippen LogP contribution in [0.1, 0.15) is 68.2 Å². The molecule has 0 bridgehead atoms. The van der Waals surface area contributed by atoms with E-state index in [9.17, 15) is 9.59 Å². The van der Waals surface area contributed by atoms with Gasteiger partial charge in [0.25, 0.3) is 0 Å². The summed E-state index contributed by atoms with van der Waals surface area (Å²) in [5.74, 6) is 0.242. The van der Waals surface area contributed by atoms with Gasteiger partial charge in [0.05, 0.1) is 0 Å². The molecule has 1 aliphatic carbocycles. The minimum Gasteiger partial charge on any atom is -0.381 e. The van der Waals surface area contributed by atoms with E-state index in [1.54, 1.807) is 7.11 Å². The number of allylic oxidation sites excluding steroid dienone is 2. The van der Waals surface area contributed by atoms with Crippen LogP contribution in [0.3, 0.4) is 0 Å². The Hall–Kier alpha value is -1.78. The summed E-state index contributed by atoms with van der Waals surface area (Å²) in [5.41, 5.74) is 6.52. The summed E-state index contributed by atoms with van der Waals surface area (Å²) in [6.45, 7) is 7.89. The normalized spacial score (nSPS) is 19.1.